The van der Waals surface area contributed by atoms with Gasteiger partial charge in [-0.25, -0.2) is 8.42 Å². The van der Waals surface area contributed by atoms with Gasteiger partial charge in [0.05, 0.1) is 23.0 Å². The van der Waals surface area contributed by atoms with Gasteiger partial charge in [-0.3, -0.25) is 4.72 Å². The van der Waals surface area contributed by atoms with Crippen LogP contribution in [0.5, 0.6) is 0 Å². The highest BCUT2D eigenvalue weighted by Crippen LogP contribution is 2.25. The van der Waals surface area contributed by atoms with E-state index in [2.05, 4.69) is 4.72 Å². The predicted octanol–water partition coefficient (Wildman–Crippen LogP) is 2.56. The second kappa shape index (κ2) is 5.46. The molecule has 2 aromatic carbocycles. The first-order valence-corrected chi connectivity index (χ1v) is 7.72. The molecule has 0 atom stereocenters. The maximum Gasteiger partial charge on any atom is 0.263 e. The number of nitrogen functional groups attached to an aromatic ring is 1. The van der Waals surface area contributed by atoms with Gasteiger partial charge in [-0.05, 0) is 49.2 Å². The number of benzene rings is 2. The molecule has 108 valence electrons. The van der Waals surface area contributed by atoms with Crippen LogP contribution >= 0.6 is 0 Å². The largest absolute Gasteiger partial charge is 0.398 e. The summed E-state index contributed by atoms with van der Waals surface area (Å²) in [6.07, 6.45) is 0. The minimum Gasteiger partial charge on any atom is -0.398 e. The SMILES string of the molecule is Cc1cccc(NS(=O)(=O)c2ccc(C#N)cc2N)c1C. The van der Waals surface area contributed by atoms with Crippen molar-refractivity contribution in [2.75, 3.05) is 10.5 Å². The van der Waals surface area contributed by atoms with E-state index in [-0.39, 0.29) is 10.6 Å². The number of aryl methyl sites for hydroxylation is 1. The molecule has 0 heterocycles. The van der Waals surface area contributed by atoms with Crippen molar-refractivity contribution >= 4 is 21.4 Å². The van der Waals surface area contributed by atoms with Crippen molar-refractivity contribution in [2.24, 2.45) is 0 Å². The van der Waals surface area contributed by atoms with Crippen LogP contribution in [-0.2, 0) is 10.0 Å². The fourth-order valence-electron chi connectivity index (χ4n) is 1.92. The molecule has 0 radical (unpaired) electrons. The Labute approximate surface area is 124 Å². The number of rotatable bonds is 3. The molecule has 0 aromatic heterocycles. The Balaban J connectivity index is 2.44. The van der Waals surface area contributed by atoms with Crippen LogP contribution in [0.4, 0.5) is 11.4 Å². The Kier molecular flexibility index (Phi) is 3.87. The summed E-state index contributed by atoms with van der Waals surface area (Å²) in [6.45, 7) is 3.75. The topological polar surface area (TPSA) is 96.0 Å². The van der Waals surface area contributed by atoms with Gasteiger partial charge in [0.1, 0.15) is 4.90 Å². The first-order chi connectivity index (χ1) is 9.85. The number of anilines is 2. The normalized spacial score (nSPS) is 10.9. The summed E-state index contributed by atoms with van der Waals surface area (Å²) in [5.41, 5.74) is 8.46. The van der Waals surface area contributed by atoms with Gasteiger partial charge in [-0.15, -0.1) is 0 Å². The number of sulfonamides is 1. The first kappa shape index (κ1) is 14.9. The summed E-state index contributed by atoms with van der Waals surface area (Å²) in [6, 6.07) is 11.4. The molecule has 3 N–H and O–H groups in total. The number of nitriles is 1. The predicted molar refractivity (Wildman–Crippen MR) is 82.3 cm³/mol. The average molecular weight is 301 g/mol. The third kappa shape index (κ3) is 2.98. The Morgan fingerprint density at radius 1 is 1.19 bits per heavy atom. The summed E-state index contributed by atoms with van der Waals surface area (Å²) >= 11 is 0. The maximum atomic E-state index is 12.4. The highest BCUT2D eigenvalue weighted by atomic mass is 32.2. The summed E-state index contributed by atoms with van der Waals surface area (Å²) in [5.74, 6) is 0. The molecule has 0 fully saturated rings. The minimum absolute atomic E-state index is 0.0394. The molecule has 0 unspecified atom stereocenters. The number of nitrogens with two attached hydrogens (primary N) is 1. The zero-order valence-corrected chi connectivity index (χ0v) is 12.5. The molecular weight excluding hydrogens is 286 g/mol. The van der Waals surface area contributed by atoms with E-state index < -0.39 is 10.0 Å². The van der Waals surface area contributed by atoms with Crippen molar-refractivity contribution in [3.63, 3.8) is 0 Å². The highest BCUT2D eigenvalue weighted by Gasteiger charge is 2.19. The number of nitrogens with zero attached hydrogens (tertiary/aromatic N) is 1. The molecule has 0 aliphatic carbocycles. The fourth-order valence-corrected chi connectivity index (χ4v) is 3.16. The van der Waals surface area contributed by atoms with Crippen molar-refractivity contribution in [3.05, 3.63) is 53.1 Å². The number of hydrogen-bond donors (Lipinski definition) is 2. The molecule has 5 nitrogen and oxygen atoms in total. The summed E-state index contributed by atoms with van der Waals surface area (Å²) in [7, 11) is -3.79. The molecule has 0 bridgehead atoms. The minimum atomic E-state index is -3.79. The quantitative estimate of drug-likeness (QED) is 0.851. The van der Waals surface area contributed by atoms with Crippen molar-refractivity contribution in [1.82, 2.24) is 0 Å². The molecule has 0 aliphatic heterocycles. The monoisotopic (exact) mass is 301 g/mol. The van der Waals surface area contributed by atoms with Crippen LogP contribution in [0.1, 0.15) is 16.7 Å². The summed E-state index contributed by atoms with van der Waals surface area (Å²) < 4.78 is 27.4. The lowest BCUT2D eigenvalue weighted by atomic mass is 10.1. The van der Waals surface area contributed by atoms with Gasteiger partial charge in [0.15, 0.2) is 0 Å². The standard InChI is InChI=1S/C15H15N3O2S/c1-10-4-3-5-14(11(10)2)18-21(19,20)15-7-6-12(9-16)8-13(15)17/h3-8,18H,17H2,1-2H3. The van der Waals surface area contributed by atoms with E-state index in [1.807, 2.05) is 26.0 Å². The van der Waals surface area contributed by atoms with Crippen LogP contribution in [-0.4, -0.2) is 8.42 Å². The highest BCUT2D eigenvalue weighted by molar-refractivity contribution is 7.92. The lowest BCUT2D eigenvalue weighted by molar-refractivity contribution is 0.601. The van der Waals surface area contributed by atoms with Crippen LogP contribution in [0.2, 0.25) is 0 Å². The first-order valence-electron chi connectivity index (χ1n) is 6.24. The van der Waals surface area contributed by atoms with Crippen molar-refractivity contribution in [3.8, 4) is 6.07 Å². The molecule has 0 aliphatic rings. The smallest absolute Gasteiger partial charge is 0.263 e. The Hall–Kier alpha value is -2.52. The molecule has 0 saturated carbocycles. The molecule has 2 aromatic rings. The van der Waals surface area contributed by atoms with Gasteiger partial charge in [0.25, 0.3) is 10.0 Å². The fraction of sp³-hybridized carbons (Fsp3) is 0.133. The van der Waals surface area contributed by atoms with E-state index >= 15 is 0 Å². The zero-order valence-electron chi connectivity index (χ0n) is 11.7. The third-order valence-electron chi connectivity index (χ3n) is 3.28. The lowest BCUT2D eigenvalue weighted by Gasteiger charge is -2.13. The Morgan fingerprint density at radius 3 is 2.52 bits per heavy atom. The van der Waals surface area contributed by atoms with E-state index in [9.17, 15) is 8.42 Å². The van der Waals surface area contributed by atoms with E-state index in [1.165, 1.54) is 18.2 Å². The van der Waals surface area contributed by atoms with E-state index in [0.717, 1.165) is 11.1 Å². The number of hydrogen-bond acceptors (Lipinski definition) is 4. The summed E-state index contributed by atoms with van der Waals surface area (Å²) in [5, 5.41) is 8.79. The molecule has 0 spiro atoms. The van der Waals surface area contributed by atoms with Crippen LogP contribution in [0.15, 0.2) is 41.3 Å². The lowest BCUT2D eigenvalue weighted by Crippen LogP contribution is -2.15. The van der Waals surface area contributed by atoms with Crippen LogP contribution in [0, 0.1) is 25.2 Å². The van der Waals surface area contributed by atoms with Crippen LogP contribution in [0.3, 0.4) is 0 Å². The molecule has 21 heavy (non-hydrogen) atoms. The van der Waals surface area contributed by atoms with E-state index in [0.29, 0.717) is 11.3 Å². The van der Waals surface area contributed by atoms with Gasteiger partial charge >= 0.3 is 0 Å². The Morgan fingerprint density at radius 2 is 1.90 bits per heavy atom. The maximum absolute atomic E-state index is 12.4. The average Bonchev–Trinajstić information content (AvgIpc) is 2.43. The second-order valence-corrected chi connectivity index (χ2v) is 6.37. The van der Waals surface area contributed by atoms with Crippen LogP contribution in [0.25, 0.3) is 0 Å². The molecule has 0 amide bonds. The van der Waals surface area contributed by atoms with E-state index in [1.54, 1.807) is 12.1 Å². The van der Waals surface area contributed by atoms with Gasteiger partial charge in [-0.1, -0.05) is 12.1 Å². The Bertz CT molecular complexity index is 836. The van der Waals surface area contributed by atoms with Crippen molar-refractivity contribution < 1.29 is 8.42 Å². The van der Waals surface area contributed by atoms with Gasteiger partial charge in [0, 0.05) is 0 Å². The van der Waals surface area contributed by atoms with E-state index in [4.69, 9.17) is 11.0 Å². The molecule has 0 saturated heterocycles. The van der Waals surface area contributed by atoms with Crippen molar-refractivity contribution in [2.45, 2.75) is 18.7 Å². The van der Waals surface area contributed by atoms with Crippen LogP contribution < -0.4 is 10.5 Å². The van der Waals surface area contributed by atoms with Gasteiger partial charge in [-0.2, -0.15) is 5.26 Å². The second-order valence-electron chi connectivity index (χ2n) is 4.72. The van der Waals surface area contributed by atoms with Gasteiger partial charge in [0.2, 0.25) is 0 Å². The molecular formula is C15H15N3O2S. The molecule has 2 rings (SSSR count). The molecule has 6 heteroatoms. The van der Waals surface area contributed by atoms with Crippen molar-refractivity contribution in [1.29, 1.82) is 5.26 Å². The van der Waals surface area contributed by atoms with Gasteiger partial charge < -0.3 is 5.73 Å². The number of nitrogens with one attached hydrogen (secondary N) is 1. The summed E-state index contributed by atoms with van der Waals surface area (Å²) in [4.78, 5) is -0.0394. The zero-order chi connectivity index (χ0) is 15.6. The third-order valence-corrected chi connectivity index (χ3v) is 4.72.